The van der Waals surface area contributed by atoms with Gasteiger partial charge in [-0.1, -0.05) is 0 Å². The number of nitrogens with one attached hydrogen (secondary N) is 2. The van der Waals surface area contributed by atoms with Crippen LogP contribution in [-0.4, -0.2) is 45.5 Å². The minimum absolute atomic E-state index is 0.0380. The van der Waals surface area contributed by atoms with Crippen molar-refractivity contribution in [2.24, 2.45) is 0 Å². The Kier molecular flexibility index (Phi) is 11.3. The Hall–Kier alpha value is -3.16. The number of alkyl halides is 1. The zero-order chi connectivity index (χ0) is 26.5. The average Bonchev–Trinajstić information content (AvgIpc) is 2.79. The van der Waals surface area contributed by atoms with Gasteiger partial charge in [0.2, 0.25) is 9.23 Å². The van der Waals surface area contributed by atoms with Gasteiger partial charge in [-0.2, -0.15) is 0 Å². The Morgan fingerprint density at radius 3 is 1.50 bits per heavy atom. The summed E-state index contributed by atoms with van der Waals surface area (Å²) in [7, 11) is 9.04. The summed E-state index contributed by atoms with van der Waals surface area (Å²) >= 11 is 0. The SMILES string of the molecule is COc1cc2c(=O)[nH]cnc2cc1F.COc1cc2c(=O)[nH]cnc2cc1F.O=S(Cl)Cl.[2H]CF. The Bertz CT molecular complexity index is 1310. The van der Waals surface area contributed by atoms with Gasteiger partial charge in [0.05, 0.1) is 57.2 Å². The van der Waals surface area contributed by atoms with Gasteiger partial charge in [-0.05, 0) is 12.1 Å². The van der Waals surface area contributed by atoms with Crippen molar-refractivity contribution in [2.75, 3.05) is 21.4 Å². The molecule has 34 heavy (non-hydrogen) atoms. The first-order valence-electron chi connectivity index (χ1n) is 9.31. The van der Waals surface area contributed by atoms with Crippen LogP contribution >= 0.6 is 21.4 Å². The third-order valence-electron chi connectivity index (χ3n) is 3.83. The molecule has 9 nitrogen and oxygen atoms in total. The number of rotatable bonds is 2. The predicted octanol–water partition coefficient (Wildman–Crippen LogP) is 3.77. The lowest BCUT2D eigenvalue weighted by atomic mass is 10.2. The molecule has 4 aromatic rings. The summed E-state index contributed by atoms with van der Waals surface area (Å²) in [6.07, 6.45) is 2.47. The Morgan fingerprint density at radius 2 is 1.21 bits per heavy atom. The number of ether oxygens (including phenoxy) is 2. The molecule has 0 saturated carbocycles. The van der Waals surface area contributed by atoms with Crippen molar-refractivity contribution in [3.63, 3.8) is 0 Å². The molecule has 0 spiro atoms. The number of aromatic amines is 2. The largest absolute Gasteiger partial charge is 0.494 e. The highest BCUT2D eigenvalue weighted by molar-refractivity contribution is 8.26. The van der Waals surface area contributed by atoms with Crippen LogP contribution in [-0.2, 0) is 9.23 Å². The molecule has 0 radical (unpaired) electrons. The van der Waals surface area contributed by atoms with E-state index < -0.39 is 28.0 Å². The van der Waals surface area contributed by atoms with E-state index in [1.165, 1.54) is 51.1 Å². The second-order valence-electron chi connectivity index (χ2n) is 5.66. The predicted molar refractivity (Wildman–Crippen MR) is 125 cm³/mol. The van der Waals surface area contributed by atoms with Crippen molar-refractivity contribution in [1.82, 2.24) is 19.9 Å². The average molecular weight is 542 g/mol. The summed E-state index contributed by atoms with van der Waals surface area (Å²) in [5.74, 6) is -0.983. The quantitative estimate of drug-likeness (QED) is 0.369. The summed E-state index contributed by atoms with van der Waals surface area (Å²) in [6, 6.07) is 5.00. The Morgan fingerprint density at radius 1 is 0.882 bits per heavy atom. The number of nitrogens with zero attached hydrogens (tertiary/aromatic N) is 2. The second kappa shape index (κ2) is 14.2. The standard InChI is InChI=1S/2C9H7FN2O2.CH3F.Cl2OS/c2*1-14-8-2-5-7(3-6(8)10)11-4-12-9(5)13;1-2;1-4(2)3/h2*2-4H,1H3,(H,11,12,13);1H3;/i;;1D;. The van der Waals surface area contributed by atoms with Gasteiger partial charge in [0.25, 0.3) is 11.1 Å². The smallest absolute Gasteiger partial charge is 0.258 e. The first kappa shape index (κ1) is 27.1. The number of aromatic nitrogens is 4. The van der Waals surface area contributed by atoms with Crippen LogP contribution in [0.4, 0.5) is 13.2 Å². The number of methoxy groups -OCH3 is 2. The van der Waals surface area contributed by atoms with E-state index in [4.69, 9.17) is 15.1 Å². The van der Waals surface area contributed by atoms with E-state index in [2.05, 4.69) is 41.3 Å². The highest BCUT2D eigenvalue weighted by Gasteiger charge is 2.08. The Balaban J connectivity index is 0.000000278. The lowest BCUT2D eigenvalue weighted by molar-refractivity contribution is 0.387. The van der Waals surface area contributed by atoms with Crippen LogP contribution in [0.1, 0.15) is 1.37 Å². The lowest BCUT2D eigenvalue weighted by Crippen LogP contribution is -2.06. The topological polar surface area (TPSA) is 127 Å². The van der Waals surface area contributed by atoms with Crippen LogP contribution < -0.4 is 20.6 Å². The molecular formula is C19H17Cl2F3N4O5S. The molecule has 0 fully saturated rings. The number of hydrogen-bond donors (Lipinski definition) is 2. The number of fused-ring (bicyclic) bond motifs is 2. The Labute approximate surface area is 202 Å². The summed E-state index contributed by atoms with van der Waals surface area (Å²) in [4.78, 5) is 35.0. The third kappa shape index (κ3) is 8.01. The van der Waals surface area contributed by atoms with E-state index in [-0.39, 0.29) is 22.6 Å². The maximum atomic E-state index is 13.2. The molecule has 0 amide bonds. The molecule has 0 atom stereocenters. The molecule has 2 heterocycles. The minimum atomic E-state index is -1.67. The van der Waals surface area contributed by atoms with E-state index >= 15 is 0 Å². The van der Waals surface area contributed by atoms with E-state index in [1.54, 1.807) is 0 Å². The second-order valence-corrected chi connectivity index (χ2v) is 8.18. The van der Waals surface area contributed by atoms with Crippen LogP contribution in [0.15, 0.2) is 46.5 Å². The summed E-state index contributed by atoms with van der Waals surface area (Å²) in [5, 5.41) is 0.622. The molecule has 0 bridgehead atoms. The molecule has 0 unspecified atom stereocenters. The molecule has 4 rings (SSSR count). The van der Waals surface area contributed by atoms with Crippen molar-refractivity contribution in [2.45, 2.75) is 0 Å². The van der Waals surface area contributed by atoms with Crippen LogP contribution in [0.3, 0.4) is 0 Å². The van der Waals surface area contributed by atoms with Gasteiger partial charge in [0.1, 0.15) is 0 Å². The van der Waals surface area contributed by atoms with Crippen LogP contribution in [0.2, 0.25) is 0 Å². The van der Waals surface area contributed by atoms with Gasteiger partial charge in [-0.15, -0.1) is 0 Å². The highest BCUT2D eigenvalue weighted by atomic mass is 36.0. The summed E-state index contributed by atoms with van der Waals surface area (Å²) < 4.78 is 60.4. The summed E-state index contributed by atoms with van der Waals surface area (Å²) in [6.45, 7) is 0. The van der Waals surface area contributed by atoms with Gasteiger partial charge in [-0.25, -0.2) is 23.0 Å². The molecule has 0 aliphatic heterocycles. The van der Waals surface area contributed by atoms with Crippen molar-refractivity contribution in [1.29, 1.82) is 0 Å². The van der Waals surface area contributed by atoms with E-state index in [1.807, 2.05) is 0 Å². The van der Waals surface area contributed by atoms with Crippen molar-refractivity contribution < 1.29 is 28.2 Å². The zero-order valence-corrected chi connectivity index (χ0v) is 19.7. The van der Waals surface area contributed by atoms with E-state index in [0.717, 1.165) is 0 Å². The number of halogens is 5. The molecule has 2 N–H and O–H groups in total. The first-order chi connectivity index (χ1) is 16.6. The van der Waals surface area contributed by atoms with E-state index in [9.17, 15) is 22.8 Å². The fraction of sp³-hybridized carbons (Fsp3) is 0.158. The highest BCUT2D eigenvalue weighted by Crippen LogP contribution is 2.21. The number of benzene rings is 2. The van der Waals surface area contributed by atoms with Crippen LogP contribution in [0, 0.1) is 11.6 Å². The fourth-order valence-electron chi connectivity index (χ4n) is 2.45. The van der Waals surface area contributed by atoms with Crippen molar-refractivity contribution in [3.8, 4) is 11.5 Å². The number of H-pyrrole nitrogens is 2. The van der Waals surface area contributed by atoms with E-state index in [0.29, 0.717) is 21.8 Å². The first-order valence-corrected chi connectivity index (χ1v) is 11.4. The number of hydrogen-bond acceptors (Lipinski definition) is 7. The van der Waals surface area contributed by atoms with Crippen molar-refractivity contribution in [3.05, 3.63) is 69.3 Å². The summed E-state index contributed by atoms with van der Waals surface area (Å²) in [5.41, 5.74) is 0.000648. The molecular weight excluding hydrogens is 524 g/mol. The molecule has 2 aromatic heterocycles. The maximum Gasteiger partial charge on any atom is 0.258 e. The minimum Gasteiger partial charge on any atom is -0.494 e. The lowest BCUT2D eigenvalue weighted by Gasteiger charge is -2.02. The fourth-order valence-corrected chi connectivity index (χ4v) is 2.45. The zero-order valence-electron chi connectivity index (χ0n) is 18.4. The molecule has 184 valence electrons. The van der Waals surface area contributed by atoms with Crippen LogP contribution in [0.25, 0.3) is 21.8 Å². The van der Waals surface area contributed by atoms with Crippen LogP contribution in [0.5, 0.6) is 11.5 Å². The van der Waals surface area contributed by atoms with Gasteiger partial charge in [0, 0.05) is 33.5 Å². The van der Waals surface area contributed by atoms with Gasteiger partial charge in [0.15, 0.2) is 23.1 Å². The molecule has 2 aromatic carbocycles. The van der Waals surface area contributed by atoms with Gasteiger partial charge in [-0.3, -0.25) is 14.0 Å². The molecule has 15 heteroatoms. The third-order valence-corrected chi connectivity index (χ3v) is 3.83. The van der Waals surface area contributed by atoms with Crippen molar-refractivity contribution >= 4 is 52.4 Å². The molecule has 0 aliphatic rings. The molecule has 0 saturated heterocycles. The normalized spacial score (nSPS) is 10.2. The van der Waals surface area contributed by atoms with Gasteiger partial charge < -0.3 is 19.4 Å². The molecule has 0 aliphatic carbocycles. The van der Waals surface area contributed by atoms with Gasteiger partial charge >= 0.3 is 0 Å². The maximum absolute atomic E-state index is 13.2. The monoisotopic (exact) mass is 541 g/mol.